The number of nitrogens with two attached hydrogens (primary N) is 1. The molecule has 0 amide bonds. The van der Waals surface area contributed by atoms with E-state index >= 15 is 0 Å². The Morgan fingerprint density at radius 3 is 2.38 bits per heavy atom. The van der Waals surface area contributed by atoms with E-state index in [9.17, 15) is 0 Å². The molecule has 0 fully saturated rings. The Morgan fingerprint density at radius 2 is 1.67 bits per heavy atom. The van der Waals surface area contributed by atoms with Gasteiger partial charge in [-0.3, -0.25) is 4.98 Å². The van der Waals surface area contributed by atoms with Gasteiger partial charge >= 0.3 is 0 Å². The molecule has 2 N–H and O–H groups in total. The molecule has 0 aliphatic heterocycles. The van der Waals surface area contributed by atoms with E-state index in [4.69, 9.17) is 10.5 Å². The van der Waals surface area contributed by atoms with E-state index in [0.29, 0.717) is 12.3 Å². The molecule has 0 saturated heterocycles. The highest BCUT2D eigenvalue weighted by atomic mass is 16.5. The average molecular weight is 276 g/mol. The van der Waals surface area contributed by atoms with Gasteiger partial charge in [-0.05, 0) is 42.0 Å². The van der Waals surface area contributed by atoms with Gasteiger partial charge in [0.15, 0.2) is 0 Å². The van der Waals surface area contributed by atoms with Crippen molar-refractivity contribution in [2.24, 2.45) is 0 Å². The van der Waals surface area contributed by atoms with Gasteiger partial charge < -0.3 is 10.5 Å². The lowest BCUT2D eigenvalue weighted by atomic mass is 10.1. The molecule has 0 bridgehead atoms. The molecule has 0 spiro atoms. The molecule has 104 valence electrons. The lowest BCUT2D eigenvalue weighted by Crippen LogP contribution is -1.95. The van der Waals surface area contributed by atoms with Crippen molar-refractivity contribution in [3.8, 4) is 17.0 Å². The van der Waals surface area contributed by atoms with Crippen LogP contribution in [-0.2, 0) is 6.61 Å². The fourth-order valence-corrected chi connectivity index (χ4v) is 2.07. The maximum atomic E-state index is 5.77. The Hall–Kier alpha value is -2.81. The molecule has 3 heteroatoms. The van der Waals surface area contributed by atoms with Crippen LogP contribution in [0.5, 0.6) is 5.75 Å². The van der Waals surface area contributed by atoms with Crippen molar-refractivity contribution in [3.63, 3.8) is 0 Å². The van der Waals surface area contributed by atoms with Crippen LogP contribution in [0.25, 0.3) is 11.3 Å². The summed E-state index contributed by atoms with van der Waals surface area (Å²) < 4.78 is 5.76. The summed E-state index contributed by atoms with van der Waals surface area (Å²) in [7, 11) is 0. The predicted octanol–water partition coefficient (Wildman–Crippen LogP) is 3.91. The summed E-state index contributed by atoms with van der Waals surface area (Å²) in [6, 6.07) is 21.6. The van der Waals surface area contributed by atoms with Crippen molar-refractivity contribution in [2.75, 3.05) is 5.73 Å². The number of nitrogen functional groups attached to an aromatic ring is 1. The van der Waals surface area contributed by atoms with Crippen LogP contribution in [0.4, 0.5) is 5.69 Å². The van der Waals surface area contributed by atoms with Gasteiger partial charge in [0.2, 0.25) is 0 Å². The lowest BCUT2D eigenvalue weighted by molar-refractivity contribution is 0.306. The van der Waals surface area contributed by atoms with Crippen LogP contribution < -0.4 is 10.5 Å². The summed E-state index contributed by atoms with van der Waals surface area (Å²) in [5.41, 5.74) is 9.53. The van der Waals surface area contributed by atoms with Crippen molar-refractivity contribution < 1.29 is 4.74 Å². The Morgan fingerprint density at radius 1 is 0.905 bits per heavy atom. The van der Waals surface area contributed by atoms with Crippen LogP contribution in [-0.4, -0.2) is 4.98 Å². The third-order valence-electron chi connectivity index (χ3n) is 3.18. The monoisotopic (exact) mass is 276 g/mol. The maximum absolute atomic E-state index is 5.77. The normalized spacial score (nSPS) is 10.3. The zero-order chi connectivity index (χ0) is 14.5. The van der Waals surface area contributed by atoms with Crippen molar-refractivity contribution in [1.29, 1.82) is 0 Å². The number of hydrogen-bond donors (Lipinski definition) is 1. The second kappa shape index (κ2) is 6.09. The summed E-state index contributed by atoms with van der Waals surface area (Å²) in [4.78, 5) is 4.31. The number of pyridine rings is 1. The molecule has 0 aliphatic carbocycles. The Kier molecular flexibility index (Phi) is 3.83. The Labute approximate surface area is 124 Å². The van der Waals surface area contributed by atoms with Gasteiger partial charge in [-0.15, -0.1) is 0 Å². The first-order valence-electron chi connectivity index (χ1n) is 6.80. The summed E-state index contributed by atoms with van der Waals surface area (Å²) in [5.74, 6) is 0.839. The van der Waals surface area contributed by atoms with E-state index in [0.717, 1.165) is 22.6 Å². The lowest BCUT2D eigenvalue weighted by Gasteiger charge is -2.07. The highest BCUT2D eigenvalue weighted by Gasteiger charge is 2.01. The molecule has 0 radical (unpaired) electrons. The molecule has 0 saturated carbocycles. The standard InChI is InChI=1S/C18H16N2O/c19-16-10-11-20-18(12-16)15-6-8-17(9-7-15)21-13-14-4-2-1-3-5-14/h1-12H,13H2,(H2,19,20). The molecule has 3 aromatic rings. The van der Waals surface area contributed by atoms with E-state index in [1.165, 1.54) is 0 Å². The van der Waals surface area contributed by atoms with Crippen molar-refractivity contribution >= 4 is 5.69 Å². The molecule has 21 heavy (non-hydrogen) atoms. The van der Waals surface area contributed by atoms with Gasteiger partial charge in [-0.25, -0.2) is 0 Å². The molecule has 1 heterocycles. The number of ether oxygens (including phenoxy) is 1. The second-order valence-electron chi connectivity index (χ2n) is 4.77. The average Bonchev–Trinajstić information content (AvgIpc) is 2.54. The van der Waals surface area contributed by atoms with Crippen LogP contribution in [0.1, 0.15) is 5.56 Å². The Balaban J connectivity index is 1.69. The van der Waals surface area contributed by atoms with Crippen LogP contribution in [0.2, 0.25) is 0 Å². The third kappa shape index (κ3) is 3.39. The van der Waals surface area contributed by atoms with Crippen LogP contribution in [0.15, 0.2) is 72.9 Å². The molecule has 2 aromatic carbocycles. The molecule has 1 aromatic heterocycles. The molecule has 3 rings (SSSR count). The first-order chi connectivity index (χ1) is 10.3. The maximum Gasteiger partial charge on any atom is 0.119 e. The molecule has 0 unspecified atom stereocenters. The van der Waals surface area contributed by atoms with Crippen molar-refractivity contribution in [2.45, 2.75) is 6.61 Å². The Bertz CT molecular complexity index is 709. The summed E-state index contributed by atoms with van der Waals surface area (Å²) in [6.45, 7) is 0.566. The van der Waals surface area contributed by atoms with Crippen molar-refractivity contribution in [1.82, 2.24) is 4.98 Å². The van der Waals surface area contributed by atoms with Gasteiger partial charge in [0, 0.05) is 17.4 Å². The largest absolute Gasteiger partial charge is 0.489 e. The number of aromatic nitrogens is 1. The van der Waals surface area contributed by atoms with E-state index in [1.807, 2.05) is 60.7 Å². The molecular formula is C18H16N2O. The van der Waals surface area contributed by atoms with Gasteiger partial charge in [-0.1, -0.05) is 30.3 Å². The number of benzene rings is 2. The topological polar surface area (TPSA) is 48.1 Å². The zero-order valence-corrected chi connectivity index (χ0v) is 11.6. The minimum absolute atomic E-state index is 0.566. The van der Waals surface area contributed by atoms with Crippen LogP contribution in [0.3, 0.4) is 0 Å². The first kappa shape index (κ1) is 13.2. The van der Waals surface area contributed by atoms with Gasteiger partial charge in [0.05, 0.1) is 5.69 Å². The van der Waals surface area contributed by atoms with Gasteiger partial charge in [0.25, 0.3) is 0 Å². The summed E-state index contributed by atoms with van der Waals surface area (Å²) in [5, 5.41) is 0. The number of anilines is 1. The highest BCUT2D eigenvalue weighted by Crippen LogP contribution is 2.22. The predicted molar refractivity (Wildman–Crippen MR) is 84.9 cm³/mol. The second-order valence-corrected chi connectivity index (χ2v) is 4.77. The van der Waals surface area contributed by atoms with Gasteiger partial charge in [0.1, 0.15) is 12.4 Å². The number of hydrogen-bond acceptors (Lipinski definition) is 3. The van der Waals surface area contributed by atoms with Crippen LogP contribution in [0, 0.1) is 0 Å². The molecular weight excluding hydrogens is 260 g/mol. The fourth-order valence-electron chi connectivity index (χ4n) is 2.07. The third-order valence-corrected chi connectivity index (χ3v) is 3.18. The highest BCUT2D eigenvalue weighted by molar-refractivity contribution is 5.63. The van der Waals surface area contributed by atoms with E-state index < -0.39 is 0 Å². The minimum atomic E-state index is 0.566. The van der Waals surface area contributed by atoms with Gasteiger partial charge in [-0.2, -0.15) is 0 Å². The van der Waals surface area contributed by atoms with Crippen molar-refractivity contribution in [3.05, 3.63) is 78.5 Å². The molecule has 0 atom stereocenters. The van der Waals surface area contributed by atoms with Crippen LogP contribution >= 0.6 is 0 Å². The fraction of sp³-hybridized carbons (Fsp3) is 0.0556. The number of nitrogens with zero attached hydrogens (tertiary/aromatic N) is 1. The molecule has 0 aliphatic rings. The smallest absolute Gasteiger partial charge is 0.119 e. The minimum Gasteiger partial charge on any atom is -0.489 e. The summed E-state index contributed by atoms with van der Waals surface area (Å²) in [6.07, 6.45) is 1.71. The summed E-state index contributed by atoms with van der Waals surface area (Å²) >= 11 is 0. The number of rotatable bonds is 4. The molecule has 3 nitrogen and oxygen atoms in total. The SMILES string of the molecule is Nc1ccnc(-c2ccc(OCc3ccccc3)cc2)c1. The van der Waals surface area contributed by atoms with E-state index in [1.54, 1.807) is 12.3 Å². The first-order valence-corrected chi connectivity index (χ1v) is 6.80. The van der Waals surface area contributed by atoms with E-state index in [-0.39, 0.29) is 0 Å². The van der Waals surface area contributed by atoms with E-state index in [2.05, 4.69) is 4.98 Å². The quantitative estimate of drug-likeness (QED) is 0.786. The zero-order valence-electron chi connectivity index (χ0n) is 11.6.